The minimum absolute atomic E-state index is 0.602. The van der Waals surface area contributed by atoms with Crippen LogP contribution in [0.2, 0.25) is 5.02 Å². The first-order chi connectivity index (χ1) is 16.6. The van der Waals surface area contributed by atoms with Gasteiger partial charge >= 0.3 is 0 Å². The molecule has 0 amide bonds. The average Bonchev–Trinajstić information content (AvgIpc) is 2.87. The van der Waals surface area contributed by atoms with E-state index in [-0.39, 0.29) is 0 Å². The van der Waals surface area contributed by atoms with Gasteiger partial charge in [-0.2, -0.15) is 5.10 Å². The fraction of sp³-hybridized carbons (Fsp3) is 0.115. The molecule has 7 nitrogen and oxygen atoms in total. The van der Waals surface area contributed by atoms with Gasteiger partial charge in [-0.25, -0.2) is 9.97 Å². The van der Waals surface area contributed by atoms with Gasteiger partial charge in [0.2, 0.25) is 0 Å². The van der Waals surface area contributed by atoms with E-state index in [0.29, 0.717) is 39.0 Å². The molecule has 0 unspecified atom stereocenters. The molecule has 170 valence electrons. The number of hydrogen-bond donors (Lipinski definition) is 1. The Kier molecular flexibility index (Phi) is 5.77. The molecule has 5 rings (SSSR count). The lowest BCUT2D eigenvalue weighted by Crippen LogP contribution is -2.08. The fourth-order valence-corrected chi connectivity index (χ4v) is 3.88. The summed E-state index contributed by atoms with van der Waals surface area (Å²) in [5, 5.41) is 7.59. The van der Waals surface area contributed by atoms with E-state index in [2.05, 4.69) is 20.5 Å². The van der Waals surface area contributed by atoms with E-state index in [4.69, 9.17) is 25.5 Å². The van der Waals surface area contributed by atoms with Gasteiger partial charge in [-0.3, -0.25) is 5.43 Å². The maximum Gasteiger partial charge on any atom is 0.161 e. The Morgan fingerprint density at radius 1 is 0.912 bits per heavy atom. The fourth-order valence-electron chi connectivity index (χ4n) is 3.72. The summed E-state index contributed by atoms with van der Waals surface area (Å²) in [5.41, 5.74) is 6.30. The van der Waals surface area contributed by atoms with Gasteiger partial charge in [-0.15, -0.1) is 0 Å². The molecule has 0 saturated carbocycles. The van der Waals surface area contributed by atoms with Crippen LogP contribution < -0.4 is 20.3 Å². The predicted molar refractivity (Wildman–Crippen MR) is 133 cm³/mol. The number of anilines is 1. The lowest BCUT2D eigenvalue weighted by molar-refractivity contribution is 0.355. The van der Waals surface area contributed by atoms with Crippen LogP contribution in [0.5, 0.6) is 11.5 Å². The lowest BCUT2D eigenvalue weighted by Gasteiger charge is -2.11. The zero-order valence-corrected chi connectivity index (χ0v) is 19.6. The summed E-state index contributed by atoms with van der Waals surface area (Å²) in [6.07, 6.45) is 1.51. The molecule has 3 aromatic carbocycles. The van der Waals surface area contributed by atoms with Crippen LogP contribution in [0.15, 0.2) is 76.5 Å². The smallest absolute Gasteiger partial charge is 0.161 e. The highest BCUT2D eigenvalue weighted by Gasteiger charge is 2.12. The van der Waals surface area contributed by atoms with Crippen LogP contribution in [0.4, 0.5) is 5.82 Å². The van der Waals surface area contributed by atoms with E-state index in [1.54, 1.807) is 14.2 Å². The average molecular weight is 473 g/mol. The van der Waals surface area contributed by atoms with E-state index in [9.17, 15) is 0 Å². The molecular formula is C26H21ClN4O3. The van der Waals surface area contributed by atoms with Gasteiger partial charge < -0.3 is 13.9 Å². The summed E-state index contributed by atoms with van der Waals surface area (Å²) in [7, 11) is 3.20. The van der Waals surface area contributed by atoms with Crippen molar-refractivity contribution < 1.29 is 13.9 Å². The Hall–Kier alpha value is -4.10. The first-order valence-corrected chi connectivity index (χ1v) is 10.9. The molecule has 0 aliphatic carbocycles. The van der Waals surface area contributed by atoms with E-state index in [0.717, 1.165) is 27.4 Å². The highest BCUT2D eigenvalue weighted by atomic mass is 35.5. The monoisotopic (exact) mass is 472 g/mol. The summed E-state index contributed by atoms with van der Waals surface area (Å²) in [6, 6.07) is 19.0. The third-order valence-corrected chi connectivity index (χ3v) is 5.92. The Morgan fingerprint density at radius 3 is 2.56 bits per heavy atom. The Bertz CT molecular complexity index is 1590. The van der Waals surface area contributed by atoms with Gasteiger partial charge in [0.25, 0.3) is 0 Å². The molecular weight excluding hydrogens is 452 g/mol. The van der Waals surface area contributed by atoms with Gasteiger partial charge in [0, 0.05) is 27.4 Å². The Balaban J connectivity index is 1.69. The number of aromatic nitrogens is 2. The molecule has 0 atom stereocenters. The standard InChI is InChI=1S/C26H21ClN4O3/c1-15-10-24-18(12-19(15)27)21(30-31-26-17-6-4-5-7-20(17)28-14-29-26)13-23(34-24)16-8-9-22(32-2)25(11-16)33-3/h4-14H,1-3H3,(H,28,29,31)/b30-21+. The summed E-state index contributed by atoms with van der Waals surface area (Å²) >= 11 is 6.43. The van der Waals surface area contributed by atoms with Crippen molar-refractivity contribution >= 4 is 39.3 Å². The van der Waals surface area contributed by atoms with E-state index in [1.165, 1.54) is 6.33 Å². The second-order valence-corrected chi connectivity index (χ2v) is 8.03. The summed E-state index contributed by atoms with van der Waals surface area (Å²) < 4.78 is 17.1. The maximum atomic E-state index is 6.43. The number of halogens is 1. The van der Waals surface area contributed by atoms with Crippen molar-refractivity contribution in [2.24, 2.45) is 5.10 Å². The largest absolute Gasteiger partial charge is 0.493 e. The second-order valence-electron chi connectivity index (χ2n) is 7.63. The number of nitrogens with one attached hydrogen (secondary N) is 1. The molecule has 0 saturated heterocycles. The molecule has 0 aliphatic heterocycles. The number of hydrogen-bond acceptors (Lipinski definition) is 7. The van der Waals surface area contributed by atoms with Gasteiger partial charge in [-0.1, -0.05) is 23.7 Å². The topological polar surface area (TPSA) is 81.8 Å². The van der Waals surface area contributed by atoms with Crippen molar-refractivity contribution in [3.05, 3.63) is 82.9 Å². The van der Waals surface area contributed by atoms with E-state index >= 15 is 0 Å². The minimum atomic E-state index is 0.602. The molecule has 5 aromatic rings. The molecule has 1 N–H and O–H groups in total. The second kappa shape index (κ2) is 9.03. The molecule has 8 heteroatoms. The molecule has 34 heavy (non-hydrogen) atoms. The van der Waals surface area contributed by atoms with Crippen LogP contribution >= 0.6 is 11.6 Å². The van der Waals surface area contributed by atoms with Crippen LogP contribution in [-0.4, -0.2) is 24.2 Å². The lowest BCUT2D eigenvalue weighted by atomic mass is 10.1. The van der Waals surface area contributed by atoms with E-state index < -0.39 is 0 Å². The first kappa shape index (κ1) is 21.7. The Morgan fingerprint density at radius 2 is 1.74 bits per heavy atom. The number of ether oxygens (including phenoxy) is 2. The number of benzene rings is 3. The summed E-state index contributed by atoms with van der Waals surface area (Å²) in [5.74, 6) is 2.46. The number of rotatable bonds is 5. The van der Waals surface area contributed by atoms with Gasteiger partial charge in [0.05, 0.1) is 25.1 Å². The maximum absolute atomic E-state index is 6.43. The number of nitrogens with zero attached hydrogens (tertiary/aromatic N) is 3. The molecule has 0 spiro atoms. The zero-order chi connectivity index (χ0) is 23.7. The van der Waals surface area contributed by atoms with Gasteiger partial charge in [-0.05, 0) is 55.0 Å². The molecule has 0 aliphatic rings. The van der Waals surface area contributed by atoms with Crippen LogP contribution in [-0.2, 0) is 0 Å². The van der Waals surface area contributed by atoms with Crippen molar-refractivity contribution in [2.75, 3.05) is 19.6 Å². The van der Waals surface area contributed by atoms with Crippen molar-refractivity contribution in [3.63, 3.8) is 0 Å². The van der Waals surface area contributed by atoms with Crippen LogP contribution in [0.25, 0.3) is 33.2 Å². The third-order valence-electron chi connectivity index (χ3n) is 5.52. The normalized spacial score (nSPS) is 11.7. The highest BCUT2D eigenvalue weighted by molar-refractivity contribution is 6.32. The Labute approximate surface area is 200 Å². The van der Waals surface area contributed by atoms with Crippen molar-refractivity contribution in [1.82, 2.24) is 9.97 Å². The number of para-hydroxylation sites is 1. The summed E-state index contributed by atoms with van der Waals surface area (Å²) in [4.78, 5) is 8.67. The van der Waals surface area contributed by atoms with Crippen LogP contribution in [0, 0.1) is 6.92 Å². The van der Waals surface area contributed by atoms with Crippen molar-refractivity contribution in [3.8, 4) is 22.8 Å². The SMILES string of the molecule is COc1ccc(-c2c/c(=N\Nc3ncnc4ccccc34)c3cc(Cl)c(C)cc3o2)cc1OC. The number of methoxy groups -OCH3 is 2. The van der Waals surface area contributed by atoms with Crippen molar-refractivity contribution in [2.45, 2.75) is 6.92 Å². The summed E-state index contributed by atoms with van der Waals surface area (Å²) in [6.45, 7) is 1.93. The molecule has 0 bridgehead atoms. The number of fused-ring (bicyclic) bond motifs is 2. The predicted octanol–water partition coefficient (Wildman–Crippen LogP) is 5.95. The van der Waals surface area contributed by atoms with E-state index in [1.807, 2.05) is 67.6 Å². The number of aryl methyl sites for hydroxylation is 1. The molecule has 2 aromatic heterocycles. The van der Waals surface area contributed by atoms with Crippen molar-refractivity contribution in [1.29, 1.82) is 0 Å². The highest BCUT2D eigenvalue weighted by Crippen LogP contribution is 2.33. The quantitative estimate of drug-likeness (QED) is 0.318. The first-order valence-electron chi connectivity index (χ1n) is 10.5. The zero-order valence-electron chi connectivity index (χ0n) is 18.8. The molecule has 0 radical (unpaired) electrons. The minimum Gasteiger partial charge on any atom is -0.493 e. The van der Waals surface area contributed by atoms with Gasteiger partial charge in [0.15, 0.2) is 17.3 Å². The molecule has 2 heterocycles. The van der Waals surface area contributed by atoms with Crippen LogP contribution in [0.3, 0.4) is 0 Å². The molecule has 0 fully saturated rings. The third kappa shape index (κ3) is 4.02. The van der Waals surface area contributed by atoms with Gasteiger partial charge in [0.1, 0.15) is 17.7 Å². The van der Waals surface area contributed by atoms with Crippen LogP contribution in [0.1, 0.15) is 5.56 Å².